The number of esters is 3. The monoisotopic (exact) mass is 812 g/mol. The number of piperidine rings is 1. The number of hydroxylamine groups is 3. The zero-order valence-corrected chi connectivity index (χ0v) is 35.5. The Labute approximate surface area is 347 Å². The van der Waals surface area contributed by atoms with E-state index >= 15 is 4.79 Å². The summed E-state index contributed by atoms with van der Waals surface area (Å²) in [6, 6.07) is 2.75. The predicted molar refractivity (Wildman–Crippen MR) is 220 cm³/mol. The highest BCUT2D eigenvalue weighted by Gasteiger charge is 2.80. The molecule has 3 fully saturated rings. The van der Waals surface area contributed by atoms with Crippen molar-refractivity contribution in [1.82, 2.24) is 10.2 Å². The van der Waals surface area contributed by atoms with Crippen molar-refractivity contribution in [3.63, 3.8) is 0 Å². The summed E-state index contributed by atoms with van der Waals surface area (Å²) in [5, 5.41) is 32.0. The molecule has 3 unspecified atom stereocenters. The van der Waals surface area contributed by atoms with Crippen LogP contribution in [0.4, 0.5) is 5.69 Å². The first-order valence-electron chi connectivity index (χ1n) is 21.6. The molecule has 12 atom stereocenters. The maximum Gasteiger partial charge on any atom is 0.344 e. The highest BCUT2D eigenvalue weighted by molar-refractivity contribution is 5.91. The number of anilines is 1. The molecule has 1 aromatic carbocycles. The summed E-state index contributed by atoms with van der Waals surface area (Å²) < 4.78 is 23.7. The smallest absolute Gasteiger partial charge is 0.344 e. The van der Waals surface area contributed by atoms with E-state index in [1.165, 1.54) is 21.1 Å². The molecule has 13 nitrogen and oxygen atoms in total. The van der Waals surface area contributed by atoms with Crippen molar-refractivity contribution in [2.45, 2.75) is 100.0 Å². The molecule has 0 amide bonds. The third-order valence-electron chi connectivity index (χ3n) is 16.1. The molecule has 13 heteroatoms. The van der Waals surface area contributed by atoms with Crippen LogP contribution in [0.1, 0.15) is 70.4 Å². The molecule has 2 aliphatic carbocycles. The normalized spacial score (nSPS) is 41.3. The van der Waals surface area contributed by atoms with Gasteiger partial charge in [-0.05, 0) is 55.9 Å². The fraction of sp³-hybridized carbons (Fsp3) is 0.630. The van der Waals surface area contributed by atoms with E-state index in [4.69, 9.17) is 18.9 Å². The van der Waals surface area contributed by atoms with Gasteiger partial charge in [0.25, 0.3) is 0 Å². The Hall–Kier alpha value is -4.17. The zero-order chi connectivity index (χ0) is 41.9. The van der Waals surface area contributed by atoms with Crippen LogP contribution < -0.4 is 15.0 Å². The average molecular weight is 813 g/mol. The maximum absolute atomic E-state index is 15.3. The molecular formula is C46H60N4O9. The number of hydrogen-bond acceptors (Lipinski definition) is 12. The van der Waals surface area contributed by atoms with Crippen molar-refractivity contribution in [2.24, 2.45) is 23.2 Å². The molecule has 8 aliphatic rings. The molecule has 6 aliphatic heterocycles. The Kier molecular flexibility index (Phi) is 9.51. The number of hydrogen-bond donors (Lipinski definition) is 2. The summed E-state index contributed by atoms with van der Waals surface area (Å²) in [5.41, 5.74) is -1.48. The second-order valence-electron chi connectivity index (χ2n) is 18.7. The highest BCUT2D eigenvalue weighted by Crippen LogP contribution is 2.68. The van der Waals surface area contributed by atoms with Crippen molar-refractivity contribution in [3.05, 3.63) is 76.2 Å². The maximum atomic E-state index is 15.3. The van der Waals surface area contributed by atoms with E-state index in [1.807, 2.05) is 37.1 Å². The molecule has 2 saturated heterocycles. The predicted octanol–water partition coefficient (Wildman–Crippen LogP) is 4.17. The summed E-state index contributed by atoms with van der Waals surface area (Å²) in [6.45, 7) is 8.20. The van der Waals surface area contributed by atoms with Gasteiger partial charge in [-0.15, -0.1) is 0 Å². The number of carbonyl (C=O) groups is 3. The van der Waals surface area contributed by atoms with Crippen LogP contribution in [-0.4, -0.2) is 123 Å². The summed E-state index contributed by atoms with van der Waals surface area (Å²) in [5.74, 6) is -1.35. The van der Waals surface area contributed by atoms with Gasteiger partial charge in [0.2, 0.25) is 5.60 Å². The van der Waals surface area contributed by atoms with Crippen LogP contribution in [0.15, 0.2) is 59.9 Å². The van der Waals surface area contributed by atoms with Gasteiger partial charge < -0.3 is 44.1 Å². The number of nitrogens with zero attached hydrogens (tertiary/aromatic N) is 3. The van der Waals surface area contributed by atoms with E-state index in [2.05, 4.69) is 47.5 Å². The molecule has 1 aromatic rings. The average Bonchev–Trinajstić information content (AvgIpc) is 3.89. The van der Waals surface area contributed by atoms with Crippen molar-refractivity contribution in [3.8, 4) is 5.75 Å². The third kappa shape index (κ3) is 5.26. The SMILES string of the molecule is CC[C@@H]1C[C@H]2C[C@](C(=O)OC)(c3cc4c(cc3OC)N(C)[C@H]3[C@@](O)(C(=O)OC)[C@H](OC(C)=O)[C@]5(CC)C=CCN6CC[C@]43[C@@H]65)C3=C(CC[N+]([O-])(C1)C2)C1C=CC=CC1N3. The van der Waals surface area contributed by atoms with E-state index in [9.17, 15) is 19.9 Å². The first-order chi connectivity index (χ1) is 28.2. The number of fused-ring (bicyclic) bond motifs is 5. The number of carbonyl (C=O) groups excluding carboxylic acids is 3. The Morgan fingerprint density at radius 2 is 1.80 bits per heavy atom. The number of ether oxygens (including phenoxy) is 4. The molecule has 1 spiro atoms. The molecular weight excluding hydrogens is 753 g/mol. The molecule has 0 aromatic heterocycles. The number of benzene rings is 1. The molecule has 9 rings (SSSR count). The van der Waals surface area contributed by atoms with Crippen LogP contribution in [0.25, 0.3) is 0 Å². The van der Waals surface area contributed by atoms with E-state index in [0.717, 1.165) is 35.4 Å². The minimum absolute atomic E-state index is 0.0458. The van der Waals surface area contributed by atoms with Crippen LogP contribution in [0, 0.1) is 28.4 Å². The number of allylic oxidation sites excluding steroid dienone is 2. The Morgan fingerprint density at radius 3 is 2.49 bits per heavy atom. The van der Waals surface area contributed by atoms with Crippen molar-refractivity contribution >= 4 is 23.6 Å². The first-order valence-corrected chi connectivity index (χ1v) is 21.6. The fourth-order valence-corrected chi connectivity index (χ4v) is 14.1. The minimum Gasteiger partial charge on any atom is -0.633 e. The number of likely N-dealkylation sites (N-methyl/N-ethyl adjacent to an activating group) is 1. The van der Waals surface area contributed by atoms with Crippen LogP contribution >= 0.6 is 0 Å². The lowest BCUT2D eigenvalue weighted by Gasteiger charge is -2.63. The van der Waals surface area contributed by atoms with Crippen LogP contribution in [0.2, 0.25) is 0 Å². The molecule has 6 heterocycles. The number of aliphatic hydroxyl groups is 1. The van der Waals surface area contributed by atoms with Gasteiger partial charge in [-0.1, -0.05) is 50.3 Å². The molecule has 59 heavy (non-hydrogen) atoms. The lowest BCUT2D eigenvalue weighted by Crippen LogP contribution is -2.81. The first kappa shape index (κ1) is 40.2. The second kappa shape index (κ2) is 13.9. The van der Waals surface area contributed by atoms with Gasteiger partial charge in [0, 0.05) is 84.6 Å². The van der Waals surface area contributed by atoms with E-state index in [1.54, 1.807) is 7.11 Å². The number of methoxy groups -OCH3 is 3. The fourth-order valence-electron chi connectivity index (χ4n) is 14.1. The summed E-state index contributed by atoms with van der Waals surface area (Å²) >= 11 is 0. The Balaban J connectivity index is 1.34. The topological polar surface area (TPSA) is 150 Å². The molecule has 1 saturated carbocycles. The van der Waals surface area contributed by atoms with Gasteiger partial charge in [0.15, 0.2) is 6.10 Å². The molecule has 2 N–H and O–H groups in total. The summed E-state index contributed by atoms with van der Waals surface area (Å²) in [6.07, 6.45) is 14.8. The van der Waals surface area contributed by atoms with Crippen LogP contribution in [0.5, 0.6) is 5.75 Å². The van der Waals surface area contributed by atoms with Crippen LogP contribution in [0.3, 0.4) is 0 Å². The van der Waals surface area contributed by atoms with E-state index in [-0.39, 0.29) is 34.5 Å². The third-order valence-corrected chi connectivity index (χ3v) is 16.1. The standard InChI is InChI=1S/C46H60N4O9/c1-8-28-21-29-24-45(41(52)57-6,37-31(15-20-50(55,25-28)26-29)30-13-10-11-14-34(30)47-37)33-22-32-35(23-36(33)56-5)48(4)39-44(32)17-19-49-18-12-16-43(9-2,38(44)49)40(59-27(3)51)46(39,54)42(53)58-7/h10-14,16,22-23,28-30,34,38-40,47,54H,8-9,15,17-21,24-26H2,1-7H3/t28-,29+,30?,34?,38+,39-,40-,43-,44-,45+,46+,50?/m1/s1. The lowest BCUT2D eigenvalue weighted by atomic mass is 9.47. The van der Waals surface area contributed by atoms with Crippen molar-refractivity contribution < 1.29 is 43.1 Å². The number of rotatable bonds is 7. The van der Waals surface area contributed by atoms with Gasteiger partial charge in [-0.3, -0.25) is 14.5 Å². The van der Waals surface area contributed by atoms with Gasteiger partial charge >= 0.3 is 17.9 Å². The Morgan fingerprint density at radius 1 is 1.03 bits per heavy atom. The molecule has 2 bridgehead atoms. The van der Waals surface area contributed by atoms with E-state index < -0.39 is 51.9 Å². The minimum atomic E-state index is -2.30. The zero-order valence-electron chi connectivity index (χ0n) is 35.5. The van der Waals surface area contributed by atoms with Crippen LogP contribution in [-0.2, 0) is 39.4 Å². The second-order valence-corrected chi connectivity index (χ2v) is 18.7. The summed E-state index contributed by atoms with van der Waals surface area (Å²) in [7, 11) is 6.17. The van der Waals surface area contributed by atoms with Gasteiger partial charge in [0.1, 0.15) is 11.2 Å². The largest absolute Gasteiger partial charge is 0.633 e. The van der Waals surface area contributed by atoms with Gasteiger partial charge in [-0.25, -0.2) is 4.79 Å². The highest BCUT2D eigenvalue weighted by atomic mass is 16.6. The number of quaternary nitrogens is 1. The quantitative estimate of drug-likeness (QED) is 0.134. The number of nitrogens with one attached hydrogen (secondary N) is 1. The summed E-state index contributed by atoms with van der Waals surface area (Å²) in [4.78, 5) is 47.1. The molecule has 0 radical (unpaired) electrons. The van der Waals surface area contributed by atoms with Gasteiger partial charge in [0.05, 0.1) is 53.0 Å². The van der Waals surface area contributed by atoms with Crippen molar-refractivity contribution in [2.75, 3.05) is 66.0 Å². The van der Waals surface area contributed by atoms with Crippen molar-refractivity contribution in [1.29, 1.82) is 0 Å². The van der Waals surface area contributed by atoms with E-state index in [0.29, 0.717) is 69.7 Å². The Bertz CT molecular complexity index is 2080. The van der Waals surface area contributed by atoms with Gasteiger partial charge in [-0.2, -0.15) is 0 Å². The molecule has 318 valence electrons. The lowest BCUT2D eigenvalue weighted by molar-refractivity contribution is -0.893.